The number of aromatic hydroxyl groups is 1. The molecule has 1 heterocycles. The van der Waals surface area contributed by atoms with Crippen molar-refractivity contribution in [1.82, 2.24) is 15.5 Å². The third kappa shape index (κ3) is 7.67. The van der Waals surface area contributed by atoms with Crippen LogP contribution >= 0.6 is 0 Å². The molecule has 0 aliphatic carbocycles. The van der Waals surface area contributed by atoms with Crippen LogP contribution in [0.3, 0.4) is 0 Å². The summed E-state index contributed by atoms with van der Waals surface area (Å²) in [6.07, 6.45) is 0.520. The molecule has 1 aromatic rings. The van der Waals surface area contributed by atoms with Crippen molar-refractivity contribution < 1.29 is 34.2 Å². The lowest BCUT2D eigenvalue weighted by Gasteiger charge is -2.29. The Morgan fingerprint density at radius 1 is 1.11 bits per heavy atom. The third-order valence-electron chi connectivity index (χ3n) is 5.81. The maximum Gasteiger partial charge on any atom is 0.326 e. The number of nitrogens with one attached hydrogen (secondary N) is 2. The van der Waals surface area contributed by atoms with Crippen LogP contribution in [0.15, 0.2) is 24.3 Å². The number of amides is 4. The lowest BCUT2D eigenvalue weighted by atomic mass is 10.0. The molecule has 1 aliphatic rings. The molecule has 1 aromatic carbocycles. The number of nitrogens with two attached hydrogens (primary N) is 2. The lowest BCUT2D eigenvalue weighted by molar-refractivity contribution is -0.143. The van der Waals surface area contributed by atoms with E-state index in [0.717, 1.165) is 0 Å². The van der Waals surface area contributed by atoms with Crippen LogP contribution in [0.4, 0.5) is 0 Å². The van der Waals surface area contributed by atoms with Gasteiger partial charge in [-0.15, -0.1) is 0 Å². The first-order chi connectivity index (χ1) is 16.4. The molecule has 0 radical (unpaired) electrons. The van der Waals surface area contributed by atoms with Crippen molar-refractivity contribution in [3.8, 4) is 5.75 Å². The number of nitrogens with zero attached hydrogens (tertiary/aromatic N) is 1. The van der Waals surface area contributed by atoms with Gasteiger partial charge in [-0.1, -0.05) is 26.0 Å². The fourth-order valence-electron chi connectivity index (χ4n) is 3.93. The number of carboxylic acid groups (broad SMARTS) is 1. The molecule has 4 amide bonds. The highest BCUT2D eigenvalue weighted by molar-refractivity contribution is 5.95. The number of carbonyl (C=O) groups excluding carboxylic acids is 4. The molecular weight excluding hydrogens is 458 g/mol. The van der Waals surface area contributed by atoms with E-state index in [9.17, 15) is 34.2 Å². The van der Waals surface area contributed by atoms with Gasteiger partial charge in [-0.25, -0.2) is 4.79 Å². The van der Waals surface area contributed by atoms with Gasteiger partial charge in [0.1, 0.15) is 23.9 Å². The highest BCUT2D eigenvalue weighted by atomic mass is 16.4. The fourth-order valence-corrected chi connectivity index (χ4v) is 3.93. The van der Waals surface area contributed by atoms with Gasteiger partial charge in [0, 0.05) is 13.0 Å². The van der Waals surface area contributed by atoms with Crippen molar-refractivity contribution in [3.05, 3.63) is 29.8 Å². The average molecular weight is 492 g/mol. The van der Waals surface area contributed by atoms with Gasteiger partial charge >= 0.3 is 5.97 Å². The SMILES string of the molecule is CC(C)C(NC(=O)C1CCCN1C(=O)C(N)CC(N)=O)C(=O)NC(Cc1ccc(O)cc1)C(=O)O. The molecule has 0 spiro atoms. The quantitative estimate of drug-likeness (QED) is 0.222. The number of phenolic OH excluding ortho intramolecular Hbond substituents is 1. The summed E-state index contributed by atoms with van der Waals surface area (Å²) in [6.45, 7) is 3.66. The smallest absolute Gasteiger partial charge is 0.326 e. The Bertz CT molecular complexity index is 950. The number of primary amides is 1. The highest BCUT2D eigenvalue weighted by Gasteiger charge is 2.38. The predicted molar refractivity (Wildman–Crippen MR) is 125 cm³/mol. The normalized spacial score (nSPS) is 17.9. The number of likely N-dealkylation sites (tertiary alicyclic amines) is 1. The van der Waals surface area contributed by atoms with Gasteiger partial charge in [0.2, 0.25) is 23.6 Å². The van der Waals surface area contributed by atoms with Crippen molar-refractivity contribution in [2.24, 2.45) is 17.4 Å². The van der Waals surface area contributed by atoms with Gasteiger partial charge < -0.3 is 37.2 Å². The van der Waals surface area contributed by atoms with Crippen molar-refractivity contribution in [3.63, 3.8) is 0 Å². The minimum Gasteiger partial charge on any atom is -0.508 e. The van der Waals surface area contributed by atoms with Crippen LogP contribution in [0.1, 0.15) is 38.7 Å². The van der Waals surface area contributed by atoms with E-state index < -0.39 is 53.8 Å². The van der Waals surface area contributed by atoms with Crippen molar-refractivity contribution >= 4 is 29.6 Å². The number of phenols is 1. The molecule has 1 saturated heterocycles. The van der Waals surface area contributed by atoms with Crippen LogP contribution < -0.4 is 22.1 Å². The maximum absolute atomic E-state index is 13.0. The predicted octanol–water partition coefficient (Wildman–Crippen LogP) is -1.16. The first-order valence-electron chi connectivity index (χ1n) is 11.4. The summed E-state index contributed by atoms with van der Waals surface area (Å²) in [4.78, 5) is 62.7. The number of hydrogen-bond acceptors (Lipinski definition) is 7. The summed E-state index contributed by atoms with van der Waals surface area (Å²) in [5.41, 5.74) is 11.5. The van der Waals surface area contributed by atoms with Crippen LogP contribution in [-0.2, 0) is 30.4 Å². The van der Waals surface area contributed by atoms with E-state index in [0.29, 0.717) is 18.4 Å². The molecule has 12 nitrogen and oxygen atoms in total. The van der Waals surface area contributed by atoms with E-state index in [1.54, 1.807) is 26.0 Å². The largest absolute Gasteiger partial charge is 0.508 e. The average Bonchev–Trinajstić information content (AvgIpc) is 3.26. The van der Waals surface area contributed by atoms with Crippen LogP contribution in [0.5, 0.6) is 5.75 Å². The van der Waals surface area contributed by atoms with Gasteiger partial charge in [0.25, 0.3) is 0 Å². The van der Waals surface area contributed by atoms with Crippen molar-refractivity contribution in [2.75, 3.05) is 6.54 Å². The zero-order valence-electron chi connectivity index (χ0n) is 19.8. The second-order valence-corrected chi connectivity index (χ2v) is 8.97. The fraction of sp³-hybridized carbons (Fsp3) is 0.522. The van der Waals surface area contributed by atoms with Crippen LogP contribution in [0.25, 0.3) is 0 Å². The molecule has 0 saturated carbocycles. The molecule has 1 fully saturated rings. The zero-order chi connectivity index (χ0) is 26.3. The minimum atomic E-state index is -1.26. The summed E-state index contributed by atoms with van der Waals surface area (Å²) in [7, 11) is 0. The molecule has 0 bridgehead atoms. The Morgan fingerprint density at radius 3 is 2.29 bits per heavy atom. The highest BCUT2D eigenvalue weighted by Crippen LogP contribution is 2.20. The van der Waals surface area contributed by atoms with Crippen LogP contribution in [0, 0.1) is 5.92 Å². The summed E-state index contributed by atoms with van der Waals surface area (Å²) >= 11 is 0. The lowest BCUT2D eigenvalue weighted by Crippen LogP contribution is -2.58. The van der Waals surface area contributed by atoms with E-state index in [2.05, 4.69) is 10.6 Å². The van der Waals surface area contributed by atoms with E-state index in [-0.39, 0.29) is 31.1 Å². The molecule has 192 valence electrons. The Labute approximate surface area is 203 Å². The van der Waals surface area contributed by atoms with E-state index in [4.69, 9.17) is 11.5 Å². The van der Waals surface area contributed by atoms with Crippen LogP contribution in [-0.4, -0.2) is 75.4 Å². The van der Waals surface area contributed by atoms with E-state index >= 15 is 0 Å². The standard InChI is InChI=1S/C23H33N5O7/c1-12(2)19(21(32)26-16(23(34)35)10-13-5-7-14(29)8-6-13)27-20(31)17-4-3-9-28(17)22(33)15(24)11-18(25)30/h5-8,12,15-17,19,29H,3-4,9-11,24H2,1-2H3,(H2,25,30)(H,26,32)(H,27,31)(H,34,35). The van der Waals surface area contributed by atoms with E-state index in [1.165, 1.54) is 17.0 Å². The molecule has 1 aliphatic heterocycles. The van der Waals surface area contributed by atoms with Crippen molar-refractivity contribution in [2.45, 2.75) is 63.7 Å². The van der Waals surface area contributed by atoms with Gasteiger partial charge in [-0.2, -0.15) is 0 Å². The molecule has 4 unspecified atom stereocenters. The summed E-state index contributed by atoms with van der Waals surface area (Å²) in [5.74, 6) is -4.17. The first-order valence-corrected chi connectivity index (χ1v) is 11.4. The molecular formula is C23H33N5O7. The Kier molecular flexibility index (Phi) is 9.58. The zero-order valence-corrected chi connectivity index (χ0v) is 19.8. The Morgan fingerprint density at radius 2 is 1.74 bits per heavy atom. The molecule has 8 N–H and O–H groups in total. The molecule has 12 heteroatoms. The van der Waals surface area contributed by atoms with Gasteiger partial charge in [-0.3, -0.25) is 19.2 Å². The first kappa shape index (κ1) is 27.6. The number of carbonyl (C=O) groups is 5. The second kappa shape index (κ2) is 12.2. The van der Waals surface area contributed by atoms with Gasteiger partial charge in [-0.05, 0) is 36.5 Å². The Balaban J connectivity index is 2.08. The molecule has 35 heavy (non-hydrogen) atoms. The maximum atomic E-state index is 13.0. The summed E-state index contributed by atoms with van der Waals surface area (Å²) in [6, 6.07) is 1.57. The summed E-state index contributed by atoms with van der Waals surface area (Å²) < 4.78 is 0. The number of benzene rings is 1. The monoisotopic (exact) mass is 491 g/mol. The van der Waals surface area contributed by atoms with Gasteiger partial charge in [0.15, 0.2) is 0 Å². The number of carboxylic acids is 1. The molecule has 0 aromatic heterocycles. The summed E-state index contributed by atoms with van der Waals surface area (Å²) in [5, 5.41) is 24.1. The third-order valence-corrected chi connectivity index (χ3v) is 5.81. The van der Waals surface area contributed by atoms with Crippen LogP contribution in [0.2, 0.25) is 0 Å². The number of rotatable bonds is 11. The van der Waals surface area contributed by atoms with Gasteiger partial charge in [0.05, 0.1) is 12.5 Å². The van der Waals surface area contributed by atoms with Crippen molar-refractivity contribution in [1.29, 1.82) is 0 Å². The molecule has 4 atom stereocenters. The van der Waals surface area contributed by atoms with E-state index in [1.807, 2.05) is 0 Å². The number of hydrogen-bond donors (Lipinski definition) is 6. The number of aliphatic carboxylic acids is 1. The Hall–Kier alpha value is -3.67. The second-order valence-electron chi connectivity index (χ2n) is 8.97. The topological polar surface area (TPSA) is 205 Å². The molecule has 2 rings (SSSR count). The minimum absolute atomic E-state index is 0.0250.